The lowest BCUT2D eigenvalue weighted by Crippen LogP contribution is -2.32. The van der Waals surface area contributed by atoms with Crippen LogP contribution < -0.4 is 20.1 Å². The SMILES string of the molecule is CC[C@@H](CC(=O)OC(OC(=O)Cc1ccc(OP(=O)(O)OCc2ccccc2)cc1)C(C)C)c1ccc(N(CC(C)C)CC(C)C)c(NC(=O)Nc2ccc(C)cc2)c1. The number of anilines is 3. The second kappa shape index (κ2) is 22.3. The van der Waals surface area contributed by atoms with Crippen molar-refractivity contribution in [3.8, 4) is 5.75 Å². The number of esters is 2. The number of phosphoric ester groups is 1. The van der Waals surface area contributed by atoms with Gasteiger partial charge in [-0.15, -0.1) is 0 Å². The highest BCUT2D eigenvalue weighted by Crippen LogP contribution is 2.44. The van der Waals surface area contributed by atoms with Crippen LogP contribution in [0.25, 0.3) is 0 Å². The van der Waals surface area contributed by atoms with Crippen molar-refractivity contribution in [2.45, 2.75) is 93.5 Å². The molecule has 4 aromatic rings. The lowest BCUT2D eigenvalue weighted by atomic mass is 9.92. The molecule has 13 heteroatoms. The molecule has 2 amide bonds. The number of amides is 2. The molecule has 4 aromatic carbocycles. The van der Waals surface area contributed by atoms with Crippen LogP contribution in [0.15, 0.2) is 97.1 Å². The van der Waals surface area contributed by atoms with Gasteiger partial charge < -0.3 is 29.5 Å². The molecule has 2 unspecified atom stereocenters. The highest BCUT2D eigenvalue weighted by Gasteiger charge is 2.27. The van der Waals surface area contributed by atoms with Crippen LogP contribution in [-0.2, 0) is 41.2 Å². The van der Waals surface area contributed by atoms with E-state index in [0.29, 0.717) is 40.8 Å². The third-order valence-electron chi connectivity index (χ3n) is 9.24. The number of ether oxygens (including phenoxy) is 2. The van der Waals surface area contributed by atoms with Crippen LogP contribution >= 0.6 is 7.82 Å². The number of rotatable bonds is 21. The van der Waals surface area contributed by atoms with E-state index in [-0.39, 0.29) is 43.1 Å². The zero-order valence-corrected chi connectivity index (χ0v) is 36.4. The largest absolute Gasteiger partial charge is 0.527 e. The predicted molar refractivity (Wildman–Crippen MR) is 232 cm³/mol. The molecule has 0 spiro atoms. The van der Waals surface area contributed by atoms with Gasteiger partial charge in [0.2, 0.25) is 6.29 Å². The van der Waals surface area contributed by atoms with Gasteiger partial charge in [-0.25, -0.2) is 9.36 Å². The van der Waals surface area contributed by atoms with Gasteiger partial charge in [0, 0.05) is 24.7 Å². The van der Waals surface area contributed by atoms with E-state index in [1.807, 2.05) is 62.4 Å². The zero-order chi connectivity index (χ0) is 43.1. The van der Waals surface area contributed by atoms with Crippen LogP contribution in [0.4, 0.5) is 21.9 Å². The minimum absolute atomic E-state index is 0.0264. The molecule has 0 bridgehead atoms. The van der Waals surface area contributed by atoms with E-state index >= 15 is 0 Å². The van der Waals surface area contributed by atoms with E-state index in [1.165, 1.54) is 12.1 Å². The summed E-state index contributed by atoms with van der Waals surface area (Å²) in [6.45, 7) is 17.7. The number of hydrogen-bond donors (Lipinski definition) is 3. The Morgan fingerprint density at radius 2 is 1.39 bits per heavy atom. The molecule has 0 aliphatic carbocycles. The Bertz CT molecular complexity index is 1990. The number of aryl methyl sites for hydroxylation is 1. The van der Waals surface area contributed by atoms with Gasteiger partial charge in [0.25, 0.3) is 0 Å². The quantitative estimate of drug-likeness (QED) is 0.0420. The van der Waals surface area contributed by atoms with Gasteiger partial charge in [-0.2, -0.15) is 0 Å². The van der Waals surface area contributed by atoms with E-state index < -0.39 is 26.1 Å². The van der Waals surface area contributed by atoms with Gasteiger partial charge in [-0.05, 0) is 84.2 Å². The molecule has 318 valence electrons. The minimum Gasteiger partial charge on any atom is -0.425 e. The summed E-state index contributed by atoms with van der Waals surface area (Å²) in [7, 11) is -4.40. The van der Waals surface area contributed by atoms with Gasteiger partial charge in [0.05, 0.1) is 30.8 Å². The summed E-state index contributed by atoms with van der Waals surface area (Å²) in [5.74, 6) is -0.866. The van der Waals surface area contributed by atoms with E-state index in [2.05, 4.69) is 43.2 Å². The number of nitrogens with zero attached hydrogens (tertiary/aromatic N) is 1. The van der Waals surface area contributed by atoms with E-state index in [4.69, 9.17) is 18.5 Å². The summed E-state index contributed by atoms with van der Waals surface area (Å²) < 4.78 is 34.1. The second-order valence-corrected chi connectivity index (χ2v) is 17.3. The molecule has 0 radical (unpaired) electrons. The van der Waals surface area contributed by atoms with Gasteiger partial charge in [0.15, 0.2) is 0 Å². The number of benzene rings is 4. The Morgan fingerprint density at radius 1 is 0.763 bits per heavy atom. The maximum atomic E-state index is 13.5. The van der Waals surface area contributed by atoms with Crippen LogP contribution in [0.2, 0.25) is 0 Å². The third kappa shape index (κ3) is 15.8. The van der Waals surface area contributed by atoms with Crippen molar-refractivity contribution in [1.29, 1.82) is 0 Å². The Kier molecular flexibility index (Phi) is 17.6. The fourth-order valence-electron chi connectivity index (χ4n) is 6.33. The molecule has 3 atom stereocenters. The molecule has 0 aromatic heterocycles. The summed E-state index contributed by atoms with van der Waals surface area (Å²) in [5.41, 5.74) is 5.42. The minimum atomic E-state index is -4.40. The number of urea groups is 1. The number of hydrogen-bond acceptors (Lipinski definition) is 9. The van der Waals surface area contributed by atoms with Crippen LogP contribution in [0.5, 0.6) is 5.75 Å². The number of carbonyl (C=O) groups is 3. The van der Waals surface area contributed by atoms with Gasteiger partial charge in [-0.3, -0.25) is 19.0 Å². The first-order valence-corrected chi connectivity index (χ1v) is 21.7. The lowest BCUT2D eigenvalue weighted by molar-refractivity contribution is -0.195. The molecule has 0 aliphatic heterocycles. The Labute approximate surface area is 349 Å². The van der Waals surface area contributed by atoms with Gasteiger partial charge in [-0.1, -0.05) is 115 Å². The van der Waals surface area contributed by atoms with Crippen LogP contribution in [0.3, 0.4) is 0 Å². The van der Waals surface area contributed by atoms with Crippen molar-refractivity contribution in [2.24, 2.45) is 17.8 Å². The Hall–Kier alpha value is -5.16. The first-order valence-electron chi connectivity index (χ1n) is 20.2. The van der Waals surface area contributed by atoms with Crippen LogP contribution in [-0.4, -0.2) is 42.2 Å². The average molecular weight is 830 g/mol. The lowest BCUT2D eigenvalue weighted by Gasteiger charge is -2.31. The highest BCUT2D eigenvalue weighted by atomic mass is 31.2. The average Bonchev–Trinajstić information content (AvgIpc) is 3.17. The standard InChI is InChI=1S/C46H60N3O9P/c1-9-37(38-19-24-42(49(28-31(2)3)29-32(4)5)41(26-38)48-46(52)47-39-20-15-34(8)16-21-39)27-44(51)57-45(33(6)7)56-43(50)25-35-17-22-40(23-18-35)58-59(53,54)55-30-36-13-11-10-12-14-36/h10-24,26,31-33,37,45H,9,25,27-30H2,1-8H3,(H,53,54)(H2,47,48,52)/t37-,45?/m0/s1. The summed E-state index contributed by atoms with van der Waals surface area (Å²) in [6.07, 6.45) is -0.618. The molecule has 0 saturated carbocycles. The van der Waals surface area contributed by atoms with E-state index in [1.54, 1.807) is 50.2 Å². The number of carbonyl (C=O) groups excluding carboxylic acids is 3. The molecule has 3 N–H and O–H groups in total. The van der Waals surface area contributed by atoms with E-state index in [9.17, 15) is 23.8 Å². The second-order valence-electron chi connectivity index (χ2n) is 16.0. The van der Waals surface area contributed by atoms with Crippen LogP contribution in [0, 0.1) is 24.7 Å². The smallest absolute Gasteiger partial charge is 0.425 e. The Balaban J connectivity index is 1.40. The summed E-state index contributed by atoms with van der Waals surface area (Å²) in [6, 6.07) is 28.2. The molecular formula is C46H60N3O9P. The van der Waals surface area contributed by atoms with E-state index in [0.717, 1.165) is 29.9 Å². The summed E-state index contributed by atoms with van der Waals surface area (Å²) in [4.78, 5) is 52.3. The molecule has 59 heavy (non-hydrogen) atoms. The molecule has 4 rings (SSSR count). The Morgan fingerprint density at radius 3 is 1.98 bits per heavy atom. The monoisotopic (exact) mass is 829 g/mol. The molecule has 12 nitrogen and oxygen atoms in total. The van der Waals surface area contributed by atoms with Crippen molar-refractivity contribution < 1.29 is 42.4 Å². The molecule has 0 saturated heterocycles. The summed E-state index contributed by atoms with van der Waals surface area (Å²) >= 11 is 0. The first-order chi connectivity index (χ1) is 28.0. The van der Waals surface area contributed by atoms with Crippen molar-refractivity contribution in [2.75, 3.05) is 28.6 Å². The molecule has 0 aliphatic rings. The van der Waals surface area contributed by atoms with Gasteiger partial charge in [0.1, 0.15) is 5.75 Å². The summed E-state index contributed by atoms with van der Waals surface area (Å²) in [5, 5.41) is 6.01. The fourth-order valence-corrected chi connectivity index (χ4v) is 7.08. The highest BCUT2D eigenvalue weighted by molar-refractivity contribution is 7.47. The fraction of sp³-hybridized carbons (Fsp3) is 0.413. The third-order valence-corrected chi connectivity index (χ3v) is 10.1. The van der Waals surface area contributed by atoms with Gasteiger partial charge >= 0.3 is 25.8 Å². The maximum Gasteiger partial charge on any atom is 0.527 e. The number of phosphoric acid groups is 1. The molecular weight excluding hydrogens is 769 g/mol. The van der Waals surface area contributed by atoms with Crippen molar-refractivity contribution in [3.63, 3.8) is 0 Å². The number of nitrogens with one attached hydrogen (secondary N) is 2. The topological polar surface area (TPSA) is 153 Å². The zero-order valence-electron chi connectivity index (χ0n) is 35.5. The van der Waals surface area contributed by atoms with Crippen molar-refractivity contribution in [1.82, 2.24) is 0 Å². The normalized spacial score (nSPS) is 13.4. The van der Waals surface area contributed by atoms with Crippen molar-refractivity contribution in [3.05, 3.63) is 119 Å². The molecule has 0 heterocycles. The van der Waals surface area contributed by atoms with Crippen molar-refractivity contribution >= 4 is 42.9 Å². The first kappa shape index (κ1) is 46.5. The molecule has 0 fully saturated rings. The predicted octanol–water partition coefficient (Wildman–Crippen LogP) is 10.6. The van der Waals surface area contributed by atoms with Crippen LogP contribution in [0.1, 0.15) is 89.5 Å². The maximum absolute atomic E-state index is 13.5.